The quantitative estimate of drug-likeness (QED) is 0.0988. The number of hydrogen-bond donors (Lipinski definition) is 3. The molecule has 1 saturated heterocycles. The number of fused-ring (bicyclic) bond motifs is 1. The molecule has 0 saturated carbocycles. The van der Waals surface area contributed by atoms with Gasteiger partial charge in [0.05, 0.1) is 28.3 Å². The number of β-amino-alcohol motifs (C(OH)–C–C–N with tert-alkyl or cyclic N) is 1. The lowest BCUT2D eigenvalue weighted by atomic mass is 9.95. The summed E-state index contributed by atoms with van der Waals surface area (Å²) in [7, 11) is 1.68. The Morgan fingerprint density at radius 3 is 2.59 bits per heavy atom. The predicted molar refractivity (Wildman–Crippen MR) is 205 cm³/mol. The van der Waals surface area contributed by atoms with Gasteiger partial charge in [0.15, 0.2) is 0 Å². The molecule has 2 heterocycles. The molecule has 4 aromatic rings. The molecular weight excluding hydrogens is 731 g/mol. The van der Waals surface area contributed by atoms with Crippen LogP contribution in [0.3, 0.4) is 0 Å². The normalized spacial score (nSPS) is 16.7. The summed E-state index contributed by atoms with van der Waals surface area (Å²) in [5.41, 5.74) is 4.39. The summed E-state index contributed by atoms with van der Waals surface area (Å²) in [6.07, 6.45) is 4.86. The fraction of sp³-hybridized carbons (Fsp3) is 0.390. The second-order valence-corrected chi connectivity index (χ2v) is 14.8. The number of carboxylic acids is 1. The Morgan fingerprint density at radius 1 is 1.07 bits per heavy atom. The lowest BCUT2D eigenvalue weighted by Crippen LogP contribution is -2.50. The van der Waals surface area contributed by atoms with E-state index in [2.05, 4.69) is 28.1 Å². The number of benzene rings is 3. The van der Waals surface area contributed by atoms with Crippen LogP contribution in [0.2, 0.25) is 10.0 Å². The molecule has 54 heavy (non-hydrogen) atoms. The zero-order chi connectivity index (χ0) is 38.4. The molecule has 0 bridgehead atoms. The van der Waals surface area contributed by atoms with Crippen molar-refractivity contribution in [1.29, 1.82) is 5.26 Å². The number of aromatic nitrogens is 1. The summed E-state index contributed by atoms with van der Waals surface area (Å²) >= 11 is 13.8. The first-order chi connectivity index (χ1) is 26.0. The highest BCUT2D eigenvalue weighted by Crippen LogP contribution is 2.45. The summed E-state index contributed by atoms with van der Waals surface area (Å²) < 4.78 is 19.0. The molecule has 284 valence electrons. The van der Waals surface area contributed by atoms with Crippen molar-refractivity contribution in [2.24, 2.45) is 0 Å². The summed E-state index contributed by atoms with van der Waals surface area (Å²) in [6.45, 7) is 4.31. The van der Waals surface area contributed by atoms with Crippen molar-refractivity contribution >= 4 is 29.2 Å². The van der Waals surface area contributed by atoms with Crippen LogP contribution in [-0.4, -0.2) is 87.6 Å². The molecule has 2 atom stereocenters. The maximum atomic E-state index is 12.3. The summed E-state index contributed by atoms with van der Waals surface area (Å²) in [5, 5.41) is 39.4. The maximum absolute atomic E-state index is 12.3. The molecule has 13 heteroatoms. The Kier molecular flexibility index (Phi) is 12.6. The molecule has 0 radical (unpaired) electrons. The molecule has 1 aromatic heterocycles. The van der Waals surface area contributed by atoms with Gasteiger partial charge in [0.1, 0.15) is 41.6 Å². The van der Waals surface area contributed by atoms with Crippen molar-refractivity contribution in [2.75, 3.05) is 39.9 Å². The maximum Gasteiger partial charge on any atom is 0.323 e. The number of aliphatic hydroxyl groups excluding tert-OH is 2. The SMILES string of the molecule is CN(Cc1cc(Cl)c(O[C@H]2CCc3c(-c4cccc(OCCCN5CC(O)C5)c4Cl)cccc32)cc1OCc1cncc(C#N)c1)[C@@](C)(CCO)C(=O)O. The minimum absolute atomic E-state index is 0.0213. The first kappa shape index (κ1) is 39.3. The molecule has 11 nitrogen and oxygen atoms in total. The molecule has 6 rings (SSSR count). The highest BCUT2D eigenvalue weighted by atomic mass is 35.5. The largest absolute Gasteiger partial charge is 0.492 e. The topological polar surface area (TPSA) is 149 Å². The number of nitrogens with zero attached hydrogens (tertiary/aromatic N) is 4. The van der Waals surface area contributed by atoms with Crippen molar-refractivity contribution in [1.82, 2.24) is 14.8 Å². The number of pyridine rings is 1. The Hall–Kier alpha value is -4.41. The zero-order valence-corrected chi connectivity index (χ0v) is 31.8. The van der Waals surface area contributed by atoms with Gasteiger partial charge < -0.3 is 29.5 Å². The Morgan fingerprint density at radius 2 is 1.85 bits per heavy atom. The molecule has 1 aliphatic heterocycles. The number of ether oxygens (including phenoxy) is 3. The summed E-state index contributed by atoms with van der Waals surface area (Å²) in [4.78, 5) is 20.2. The van der Waals surface area contributed by atoms with E-state index in [4.69, 9.17) is 37.4 Å². The van der Waals surface area contributed by atoms with Crippen LogP contribution in [0.4, 0.5) is 0 Å². The van der Waals surface area contributed by atoms with Crippen LogP contribution in [0.5, 0.6) is 17.2 Å². The van der Waals surface area contributed by atoms with Crippen molar-refractivity contribution in [2.45, 2.75) is 63.5 Å². The minimum Gasteiger partial charge on any atom is -0.492 e. The summed E-state index contributed by atoms with van der Waals surface area (Å²) in [5.74, 6) is 0.397. The van der Waals surface area contributed by atoms with Crippen LogP contribution in [0.1, 0.15) is 60.1 Å². The molecule has 3 aromatic carbocycles. The van der Waals surface area contributed by atoms with E-state index in [-0.39, 0.29) is 38.4 Å². The molecule has 1 fully saturated rings. The molecule has 0 amide bonds. The Bertz CT molecular complexity index is 2020. The van der Waals surface area contributed by atoms with Crippen LogP contribution >= 0.6 is 23.2 Å². The second-order valence-electron chi connectivity index (χ2n) is 14.0. The van der Waals surface area contributed by atoms with E-state index in [1.165, 1.54) is 6.20 Å². The van der Waals surface area contributed by atoms with E-state index in [1.54, 1.807) is 43.3 Å². The number of likely N-dealkylation sites (tertiary alicyclic amines) is 1. The number of aliphatic hydroxyl groups is 2. The number of halogens is 2. The third-order valence-electron chi connectivity index (χ3n) is 10.3. The number of aliphatic carboxylic acids is 1. The van der Waals surface area contributed by atoms with Gasteiger partial charge in [-0.25, -0.2) is 0 Å². The number of likely N-dealkylation sites (N-methyl/N-ethyl adjacent to an activating group) is 1. The van der Waals surface area contributed by atoms with Crippen molar-refractivity contribution in [3.05, 3.63) is 105 Å². The van der Waals surface area contributed by atoms with E-state index in [1.807, 2.05) is 24.3 Å². The smallest absolute Gasteiger partial charge is 0.323 e. The van der Waals surface area contributed by atoms with E-state index in [0.717, 1.165) is 41.6 Å². The van der Waals surface area contributed by atoms with Crippen LogP contribution in [-0.2, 0) is 24.4 Å². The monoisotopic (exact) mass is 774 g/mol. The van der Waals surface area contributed by atoms with Gasteiger partial charge in [0.2, 0.25) is 0 Å². The molecule has 1 aliphatic carbocycles. The van der Waals surface area contributed by atoms with Crippen LogP contribution in [0.15, 0.2) is 67.0 Å². The molecular formula is C41H44Cl2N4O7. The number of carboxylic acid groups (broad SMARTS) is 1. The van der Waals surface area contributed by atoms with Crippen molar-refractivity contribution in [3.8, 4) is 34.4 Å². The number of rotatable bonds is 17. The van der Waals surface area contributed by atoms with E-state index >= 15 is 0 Å². The lowest BCUT2D eigenvalue weighted by molar-refractivity contribution is -0.151. The van der Waals surface area contributed by atoms with Gasteiger partial charge in [-0.2, -0.15) is 5.26 Å². The van der Waals surface area contributed by atoms with E-state index < -0.39 is 11.5 Å². The minimum atomic E-state index is -1.35. The standard InChI is InChI=1S/C41H44Cl2N4O7/c1-41(12-14-48,40(50)51)46(2)22-28-17-34(42)38(18-37(28)53-25-27-16-26(19-44)20-45-21-27)54-35-11-10-31-30(6-3-7-32(31)35)33-8-4-9-36(39(33)43)52-15-5-13-47-23-29(49)24-47/h3-4,6-9,16-18,20-21,29,35,48-49H,5,10-15,22-25H2,1-2H3,(H,50,51)/t35-,41-/m0/s1. The Labute approximate surface area is 325 Å². The molecule has 2 aliphatic rings. The number of nitriles is 1. The van der Waals surface area contributed by atoms with Gasteiger partial charge in [-0.15, -0.1) is 0 Å². The third kappa shape index (κ3) is 8.76. The zero-order valence-electron chi connectivity index (χ0n) is 30.3. The second kappa shape index (κ2) is 17.4. The lowest BCUT2D eigenvalue weighted by Gasteiger charge is -2.35. The van der Waals surface area contributed by atoms with Crippen LogP contribution in [0.25, 0.3) is 11.1 Å². The first-order valence-corrected chi connectivity index (χ1v) is 18.7. The van der Waals surface area contributed by atoms with Gasteiger partial charge >= 0.3 is 5.97 Å². The van der Waals surface area contributed by atoms with Crippen LogP contribution < -0.4 is 14.2 Å². The average molecular weight is 776 g/mol. The fourth-order valence-corrected chi connectivity index (χ4v) is 7.50. The molecule has 0 spiro atoms. The summed E-state index contributed by atoms with van der Waals surface area (Å²) in [6, 6.07) is 19.1. The van der Waals surface area contributed by atoms with Gasteiger partial charge in [0.25, 0.3) is 0 Å². The van der Waals surface area contributed by atoms with E-state index in [9.17, 15) is 25.4 Å². The number of hydrogen-bond acceptors (Lipinski definition) is 10. The third-order valence-corrected chi connectivity index (χ3v) is 11.0. The number of carbonyl (C=O) groups is 1. The van der Waals surface area contributed by atoms with Crippen LogP contribution in [0, 0.1) is 11.3 Å². The predicted octanol–water partition coefficient (Wildman–Crippen LogP) is 6.68. The van der Waals surface area contributed by atoms with Crippen molar-refractivity contribution < 1.29 is 34.3 Å². The molecule has 3 N–H and O–H groups in total. The van der Waals surface area contributed by atoms with E-state index in [0.29, 0.717) is 70.1 Å². The average Bonchev–Trinajstić information content (AvgIpc) is 3.56. The highest BCUT2D eigenvalue weighted by Gasteiger charge is 2.37. The fourth-order valence-electron chi connectivity index (χ4n) is 6.99. The van der Waals surface area contributed by atoms with Gasteiger partial charge in [0, 0.05) is 67.9 Å². The van der Waals surface area contributed by atoms with Gasteiger partial charge in [-0.05, 0) is 74.5 Å². The first-order valence-electron chi connectivity index (χ1n) is 18.0. The highest BCUT2D eigenvalue weighted by molar-refractivity contribution is 6.35. The Balaban J connectivity index is 1.23. The van der Waals surface area contributed by atoms with Crippen molar-refractivity contribution in [3.63, 3.8) is 0 Å². The van der Waals surface area contributed by atoms with Gasteiger partial charge in [-0.1, -0.05) is 53.5 Å². The van der Waals surface area contributed by atoms with Gasteiger partial charge in [-0.3, -0.25) is 19.6 Å². The molecule has 0 unspecified atom stereocenters.